The molecule has 2 aliphatic heterocycles. The second-order valence-corrected chi connectivity index (χ2v) is 7.82. The number of benzene rings is 1. The number of fused-ring (bicyclic) bond motifs is 1. The van der Waals surface area contributed by atoms with Crippen molar-refractivity contribution in [1.82, 2.24) is 20.1 Å². The van der Waals surface area contributed by atoms with E-state index in [-0.39, 0.29) is 5.91 Å². The topological polar surface area (TPSA) is 48.5 Å². The minimum atomic E-state index is 0.179. The lowest BCUT2D eigenvalue weighted by molar-refractivity contribution is 0.0674. The summed E-state index contributed by atoms with van der Waals surface area (Å²) in [6, 6.07) is 10.8. The zero-order valence-electron chi connectivity index (χ0n) is 16.9. The summed E-state index contributed by atoms with van der Waals surface area (Å²) in [5, 5.41) is 3.42. The number of nitrogens with zero attached hydrogens (tertiary/aromatic N) is 3. The van der Waals surface area contributed by atoms with Crippen molar-refractivity contribution >= 4 is 5.91 Å². The van der Waals surface area contributed by atoms with Crippen LogP contribution in [-0.4, -0.2) is 52.9 Å². The maximum Gasteiger partial charge on any atom is 0.254 e. The Bertz CT molecular complexity index is 840. The minimum Gasteiger partial charge on any atom is -0.330 e. The molecule has 1 atom stereocenters. The predicted molar refractivity (Wildman–Crippen MR) is 112 cm³/mol. The Morgan fingerprint density at radius 2 is 2.07 bits per heavy atom. The van der Waals surface area contributed by atoms with E-state index >= 15 is 0 Å². The molecule has 2 aromatic rings. The van der Waals surface area contributed by atoms with Crippen LogP contribution in [-0.2, 0) is 13.1 Å². The van der Waals surface area contributed by atoms with E-state index in [1.807, 2.05) is 23.2 Å². The second-order valence-electron chi connectivity index (χ2n) is 7.82. The summed E-state index contributed by atoms with van der Waals surface area (Å²) in [5.74, 6) is 0.179. The van der Waals surface area contributed by atoms with Crippen LogP contribution in [0.5, 0.6) is 0 Å². The van der Waals surface area contributed by atoms with Crippen LogP contribution in [0.4, 0.5) is 0 Å². The van der Waals surface area contributed by atoms with Crippen molar-refractivity contribution in [2.75, 3.05) is 26.2 Å². The van der Waals surface area contributed by atoms with E-state index in [0.29, 0.717) is 12.6 Å². The lowest BCUT2D eigenvalue weighted by Crippen LogP contribution is -2.46. The fourth-order valence-corrected chi connectivity index (χ4v) is 4.33. The van der Waals surface area contributed by atoms with Gasteiger partial charge in [0.1, 0.15) is 0 Å². The normalized spacial score (nSPS) is 19.3. The van der Waals surface area contributed by atoms with Gasteiger partial charge in [0.2, 0.25) is 0 Å². The number of hydrogen-bond donors (Lipinski definition) is 1. The zero-order chi connectivity index (χ0) is 19.5. The van der Waals surface area contributed by atoms with Gasteiger partial charge in [-0.1, -0.05) is 19.9 Å². The van der Waals surface area contributed by atoms with E-state index in [1.54, 1.807) is 0 Å². The van der Waals surface area contributed by atoms with Crippen molar-refractivity contribution in [3.05, 3.63) is 53.2 Å². The van der Waals surface area contributed by atoms with E-state index in [1.165, 1.54) is 5.56 Å². The Labute approximate surface area is 167 Å². The second kappa shape index (κ2) is 8.41. The highest BCUT2D eigenvalue weighted by molar-refractivity contribution is 5.99. The lowest BCUT2D eigenvalue weighted by Gasteiger charge is -2.31. The summed E-state index contributed by atoms with van der Waals surface area (Å²) >= 11 is 0. The summed E-state index contributed by atoms with van der Waals surface area (Å²) in [6.45, 7) is 10.1. The van der Waals surface area contributed by atoms with Gasteiger partial charge in [-0.3, -0.25) is 14.7 Å². The van der Waals surface area contributed by atoms with Crippen LogP contribution in [0.15, 0.2) is 36.5 Å². The third-order valence-electron chi connectivity index (χ3n) is 6.07. The molecule has 4 rings (SSSR count). The number of carbonyl (C=O) groups is 1. The molecule has 1 unspecified atom stereocenters. The molecular weight excluding hydrogens is 348 g/mol. The Morgan fingerprint density at radius 1 is 1.21 bits per heavy atom. The Balaban J connectivity index is 1.55. The Morgan fingerprint density at radius 3 is 2.82 bits per heavy atom. The molecule has 1 aromatic carbocycles. The maximum atomic E-state index is 12.9. The molecule has 1 saturated heterocycles. The monoisotopic (exact) mass is 378 g/mol. The Hall–Kier alpha value is -2.24. The van der Waals surface area contributed by atoms with Gasteiger partial charge in [-0.25, -0.2) is 0 Å². The summed E-state index contributed by atoms with van der Waals surface area (Å²) < 4.78 is 0. The van der Waals surface area contributed by atoms with Crippen LogP contribution < -0.4 is 5.32 Å². The minimum absolute atomic E-state index is 0.179. The third kappa shape index (κ3) is 3.82. The summed E-state index contributed by atoms with van der Waals surface area (Å²) in [4.78, 5) is 21.9. The molecule has 1 N–H and O–H groups in total. The molecule has 0 radical (unpaired) electrons. The fourth-order valence-electron chi connectivity index (χ4n) is 4.33. The van der Waals surface area contributed by atoms with Gasteiger partial charge in [0, 0.05) is 43.0 Å². The fraction of sp³-hybridized carbons (Fsp3) is 0.478. The number of nitrogens with one attached hydrogen (secondary N) is 1. The van der Waals surface area contributed by atoms with Crippen LogP contribution in [0.3, 0.4) is 0 Å². The van der Waals surface area contributed by atoms with E-state index in [9.17, 15) is 4.79 Å². The van der Waals surface area contributed by atoms with Gasteiger partial charge in [0.05, 0.1) is 5.69 Å². The molecule has 0 saturated carbocycles. The molecular formula is C23H30N4O. The summed E-state index contributed by atoms with van der Waals surface area (Å²) in [6.07, 6.45) is 4.13. The molecule has 2 aliphatic rings. The lowest BCUT2D eigenvalue weighted by atomic mass is 10.0. The number of rotatable bonds is 6. The van der Waals surface area contributed by atoms with Gasteiger partial charge in [-0.2, -0.15) is 0 Å². The van der Waals surface area contributed by atoms with E-state index in [2.05, 4.69) is 47.2 Å². The smallest absolute Gasteiger partial charge is 0.254 e. The highest BCUT2D eigenvalue weighted by atomic mass is 16.2. The number of piperidine rings is 1. The molecule has 1 aromatic heterocycles. The number of carbonyl (C=O) groups excluding carboxylic acids is 1. The van der Waals surface area contributed by atoms with Gasteiger partial charge in [-0.15, -0.1) is 0 Å². The van der Waals surface area contributed by atoms with E-state index in [0.717, 1.165) is 67.9 Å². The largest absolute Gasteiger partial charge is 0.330 e. The molecule has 148 valence electrons. The van der Waals surface area contributed by atoms with Crippen molar-refractivity contribution in [2.24, 2.45) is 0 Å². The van der Waals surface area contributed by atoms with Gasteiger partial charge in [-0.05, 0) is 67.9 Å². The quantitative estimate of drug-likeness (QED) is 0.838. The van der Waals surface area contributed by atoms with Crippen molar-refractivity contribution in [2.45, 2.75) is 45.8 Å². The van der Waals surface area contributed by atoms with Crippen molar-refractivity contribution < 1.29 is 4.79 Å². The summed E-state index contributed by atoms with van der Waals surface area (Å²) in [7, 11) is 0. The first-order valence-electron chi connectivity index (χ1n) is 10.5. The van der Waals surface area contributed by atoms with Gasteiger partial charge < -0.3 is 10.2 Å². The molecule has 0 spiro atoms. The third-order valence-corrected chi connectivity index (χ3v) is 6.07. The molecule has 1 fully saturated rings. The van der Waals surface area contributed by atoms with Gasteiger partial charge in [0.25, 0.3) is 5.91 Å². The maximum absolute atomic E-state index is 12.9. The Kier molecular flexibility index (Phi) is 5.74. The molecule has 5 nitrogen and oxygen atoms in total. The first kappa shape index (κ1) is 19.1. The SMILES string of the molecule is CCN(CC)Cc1ccnc(-c2ccc3c(c2)CN(C2CCCNC2)C3=O)c1. The number of pyridine rings is 1. The molecule has 28 heavy (non-hydrogen) atoms. The number of aromatic nitrogens is 1. The van der Waals surface area contributed by atoms with E-state index in [4.69, 9.17) is 0 Å². The highest BCUT2D eigenvalue weighted by Gasteiger charge is 2.33. The zero-order valence-corrected chi connectivity index (χ0v) is 16.9. The van der Waals surface area contributed by atoms with Crippen molar-refractivity contribution in [3.63, 3.8) is 0 Å². The van der Waals surface area contributed by atoms with Crippen molar-refractivity contribution in [1.29, 1.82) is 0 Å². The first-order valence-corrected chi connectivity index (χ1v) is 10.5. The number of amides is 1. The van der Waals surface area contributed by atoms with Crippen LogP contribution in [0.2, 0.25) is 0 Å². The van der Waals surface area contributed by atoms with Crippen LogP contribution >= 0.6 is 0 Å². The van der Waals surface area contributed by atoms with Crippen molar-refractivity contribution in [3.8, 4) is 11.3 Å². The van der Waals surface area contributed by atoms with Gasteiger partial charge >= 0.3 is 0 Å². The number of hydrogen-bond acceptors (Lipinski definition) is 4. The molecule has 5 heteroatoms. The average Bonchev–Trinajstić information content (AvgIpc) is 3.08. The molecule has 3 heterocycles. The molecule has 1 amide bonds. The summed E-state index contributed by atoms with van der Waals surface area (Å²) in [5.41, 5.74) is 5.34. The molecule has 0 aliphatic carbocycles. The van der Waals surface area contributed by atoms with Crippen LogP contribution in [0, 0.1) is 0 Å². The molecule has 0 bridgehead atoms. The predicted octanol–water partition coefficient (Wildman–Crippen LogP) is 3.30. The van der Waals surface area contributed by atoms with E-state index < -0.39 is 0 Å². The average molecular weight is 379 g/mol. The van der Waals surface area contributed by atoms with Gasteiger partial charge in [0.15, 0.2) is 0 Å². The van der Waals surface area contributed by atoms with Crippen LogP contribution in [0.1, 0.15) is 48.2 Å². The highest BCUT2D eigenvalue weighted by Crippen LogP contribution is 2.30. The first-order chi connectivity index (χ1) is 13.7. The van der Waals surface area contributed by atoms with Crippen LogP contribution in [0.25, 0.3) is 11.3 Å². The standard InChI is InChI=1S/C23H30N4O/c1-3-26(4-2)15-17-9-11-25-22(12-17)18-7-8-21-19(13-18)16-27(23(21)28)20-6-5-10-24-14-20/h7-9,11-13,20,24H,3-6,10,14-16H2,1-2H3.